The Labute approximate surface area is 106 Å². The van der Waals surface area contributed by atoms with E-state index in [1.54, 1.807) is 18.2 Å². The van der Waals surface area contributed by atoms with Crippen molar-refractivity contribution in [1.29, 1.82) is 10.5 Å². The fraction of sp³-hybridized carbons (Fsp3) is 0.333. The first kappa shape index (κ1) is 14.9. The Bertz CT molecular complexity index is 491. The molecule has 19 heavy (non-hydrogen) atoms. The van der Waals surface area contributed by atoms with Crippen LogP contribution in [0.1, 0.15) is 5.56 Å². The van der Waals surface area contributed by atoms with E-state index in [1.165, 1.54) is 24.3 Å². The van der Waals surface area contributed by atoms with Crippen LogP contribution in [0, 0.1) is 22.7 Å². The third kappa shape index (κ3) is 3.67. The lowest BCUT2D eigenvalue weighted by molar-refractivity contribution is -0.323. The quantitative estimate of drug-likeness (QED) is 0.774. The van der Waals surface area contributed by atoms with Gasteiger partial charge >= 0.3 is 12.5 Å². The fourth-order valence-electron chi connectivity index (χ4n) is 1.35. The van der Waals surface area contributed by atoms with Crippen molar-refractivity contribution in [3.63, 3.8) is 0 Å². The molecule has 0 aliphatic carbocycles. The largest absolute Gasteiger partial charge is 0.418 e. The molecule has 0 saturated heterocycles. The molecule has 1 rings (SSSR count). The highest BCUT2D eigenvalue weighted by Crippen LogP contribution is 2.31. The van der Waals surface area contributed by atoms with E-state index in [2.05, 4.69) is 4.74 Å². The molecule has 1 aromatic rings. The molecule has 7 heteroatoms. The van der Waals surface area contributed by atoms with Crippen molar-refractivity contribution in [3.05, 3.63) is 35.9 Å². The van der Waals surface area contributed by atoms with Crippen LogP contribution < -0.4 is 0 Å². The van der Waals surface area contributed by atoms with Gasteiger partial charge in [-0.15, -0.1) is 0 Å². The van der Waals surface area contributed by atoms with Gasteiger partial charge in [-0.05, 0) is 5.56 Å². The summed E-state index contributed by atoms with van der Waals surface area (Å²) in [5.74, 6) is 0. The number of halogens is 4. The van der Waals surface area contributed by atoms with Crippen molar-refractivity contribution in [1.82, 2.24) is 0 Å². The monoisotopic (exact) mass is 272 g/mol. The second-order valence-electron chi connectivity index (χ2n) is 3.68. The summed E-state index contributed by atoms with van der Waals surface area (Å²) in [6.07, 6.45) is -9.52. The van der Waals surface area contributed by atoms with Crippen LogP contribution in [0.3, 0.4) is 0 Å². The lowest BCUT2D eigenvalue weighted by Crippen LogP contribution is -2.43. The molecule has 0 heterocycles. The van der Waals surface area contributed by atoms with Gasteiger partial charge in [0.1, 0.15) is 12.1 Å². The van der Waals surface area contributed by atoms with Gasteiger partial charge in [0.2, 0.25) is 5.60 Å². The van der Waals surface area contributed by atoms with Gasteiger partial charge in [-0.1, -0.05) is 30.3 Å². The van der Waals surface area contributed by atoms with Crippen LogP contribution >= 0.6 is 0 Å². The summed E-state index contributed by atoms with van der Waals surface area (Å²) in [4.78, 5) is 0. The number of hydrogen-bond acceptors (Lipinski definition) is 3. The summed E-state index contributed by atoms with van der Waals surface area (Å²) in [6.45, 7) is 0. The molecule has 0 radical (unpaired) electrons. The van der Waals surface area contributed by atoms with Crippen molar-refractivity contribution in [2.24, 2.45) is 0 Å². The number of ether oxygens (including phenoxy) is 1. The zero-order chi connectivity index (χ0) is 14.5. The molecule has 0 spiro atoms. The maximum Gasteiger partial charge on any atom is 0.418 e. The van der Waals surface area contributed by atoms with Gasteiger partial charge in [0.15, 0.2) is 0 Å². The van der Waals surface area contributed by atoms with Crippen LogP contribution in [0.2, 0.25) is 0 Å². The second kappa shape index (κ2) is 5.68. The number of hydrogen-bond donors (Lipinski definition) is 0. The Hall–Kier alpha value is -2.12. The Morgan fingerprint density at radius 1 is 1.11 bits per heavy atom. The lowest BCUT2D eigenvalue weighted by atomic mass is 9.97. The third-order valence-electron chi connectivity index (χ3n) is 2.22. The third-order valence-corrected chi connectivity index (χ3v) is 2.22. The zero-order valence-electron chi connectivity index (χ0n) is 9.49. The van der Waals surface area contributed by atoms with Crippen LogP contribution in [0.5, 0.6) is 0 Å². The topological polar surface area (TPSA) is 56.8 Å². The van der Waals surface area contributed by atoms with E-state index in [0.29, 0.717) is 5.56 Å². The van der Waals surface area contributed by atoms with Crippen LogP contribution in [0.15, 0.2) is 30.3 Å². The average Bonchev–Trinajstić information content (AvgIpc) is 2.38. The van der Waals surface area contributed by atoms with Crippen LogP contribution in [-0.4, -0.2) is 18.1 Å². The number of rotatable bonds is 5. The first-order valence-electron chi connectivity index (χ1n) is 5.08. The highest BCUT2D eigenvalue weighted by atomic mass is 19.3. The fourth-order valence-corrected chi connectivity index (χ4v) is 1.35. The Balaban J connectivity index is 3.00. The molecule has 0 saturated carbocycles. The van der Waals surface area contributed by atoms with E-state index < -0.39 is 24.6 Å². The first-order valence-corrected chi connectivity index (χ1v) is 5.08. The highest BCUT2D eigenvalue weighted by Gasteiger charge is 2.50. The van der Waals surface area contributed by atoms with Gasteiger partial charge < -0.3 is 0 Å². The second-order valence-corrected chi connectivity index (χ2v) is 3.68. The van der Waals surface area contributed by atoms with Gasteiger partial charge in [-0.2, -0.15) is 19.3 Å². The Kier molecular flexibility index (Phi) is 4.47. The maximum atomic E-state index is 12.8. The zero-order valence-corrected chi connectivity index (χ0v) is 9.49. The molecular formula is C12H8F4N2O. The van der Waals surface area contributed by atoms with Crippen molar-refractivity contribution in [2.45, 2.75) is 24.6 Å². The molecule has 0 fully saturated rings. The predicted molar refractivity (Wildman–Crippen MR) is 56.1 cm³/mol. The van der Waals surface area contributed by atoms with Gasteiger partial charge in [-0.25, -0.2) is 8.78 Å². The number of benzene rings is 1. The van der Waals surface area contributed by atoms with Crippen LogP contribution in [-0.2, 0) is 11.2 Å². The standard InChI is InChI=1S/C12H8F4N2O/c13-10(14)12(15,16)19-11(7-17,8-18)6-9-4-2-1-3-5-9/h1-5,10H,6H2. The minimum atomic E-state index is -4.86. The summed E-state index contributed by atoms with van der Waals surface area (Å²) in [5, 5.41) is 17.6. The number of nitriles is 2. The molecule has 1 aromatic carbocycles. The molecule has 0 aliphatic heterocycles. The summed E-state index contributed by atoms with van der Waals surface area (Å²) >= 11 is 0. The number of alkyl halides is 4. The lowest BCUT2D eigenvalue weighted by Gasteiger charge is -2.25. The smallest absolute Gasteiger partial charge is 0.280 e. The molecule has 100 valence electrons. The van der Waals surface area contributed by atoms with E-state index in [9.17, 15) is 17.6 Å². The van der Waals surface area contributed by atoms with E-state index >= 15 is 0 Å². The molecule has 0 atom stereocenters. The molecule has 0 bridgehead atoms. The highest BCUT2D eigenvalue weighted by molar-refractivity contribution is 5.27. The van der Waals surface area contributed by atoms with Crippen molar-refractivity contribution < 1.29 is 22.3 Å². The van der Waals surface area contributed by atoms with Crippen molar-refractivity contribution in [3.8, 4) is 12.1 Å². The van der Waals surface area contributed by atoms with Gasteiger partial charge in [0, 0.05) is 6.42 Å². The molecule has 3 nitrogen and oxygen atoms in total. The van der Waals surface area contributed by atoms with Gasteiger partial charge in [0.25, 0.3) is 0 Å². The number of nitrogens with zero attached hydrogens (tertiary/aromatic N) is 2. The normalized spacial score (nSPS) is 11.9. The average molecular weight is 272 g/mol. The van der Waals surface area contributed by atoms with Gasteiger partial charge in [-0.3, -0.25) is 4.74 Å². The summed E-state index contributed by atoms with van der Waals surface area (Å²) in [7, 11) is 0. The molecular weight excluding hydrogens is 264 g/mol. The summed E-state index contributed by atoms with van der Waals surface area (Å²) in [6, 6.07) is 10.1. The van der Waals surface area contributed by atoms with Gasteiger partial charge in [0.05, 0.1) is 0 Å². The van der Waals surface area contributed by atoms with Crippen LogP contribution in [0.4, 0.5) is 17.6 Å². The molecule has 0 N–H and O–H groups in total. The molecule has 0 amide bonds. The SMILES string of the molecule is N#CC(C#N)(Cc1ccccc1)OC(F)(F)C(F)F. The maximum absolute atomic E-state index is 12.8. The van der Waals surface area contributed by atoms with Crippen LogP contribution in [0.25, 0.3) is 0 Å². The molecule has 0 unspecified atom stereocenters. The van der Waals surface area contributed by atoms with E-state index in [0.717, 1.165) is 0 Å². The van der Waals surface area contributed by atoms with E-state index in [4.69, 9.17) is 10.5 Å². The Morgan fingerprint density at radius 2 is 1.63 bits per heavy atom. The van der Waals surface area contributed by atoms with E-state index in [-0.39, 0.29) is 0 Å². The molecule has 0 aliphatic rings. The minimum absolute atomic E-state index is 0.343. The predicted octanol–water partition coefficient (Wildman–Crippen LogP) is 2.89. The van der Waals surface area contributed by atoms with Crippen molar-refractivity contribution >= 4 is 0 Å². The first-order chi connectivity index (χ1) is 8.85. The van der Waals surface area contributed by atoms with Crippen molar-refractivity contribution in [2.75, 3.05) is 0 Å². The Morgan fingerprint density at radius 3 is 2.05 bits per heavy atom. The van der Waals surface area contributed by atoms with E-state index in [1.807, 2.05) is 0 Å². The summed E-state index contributed by atoms with van der Waals surface area (Å²) in [5.41, 5.74) is -2.32. The summed E-state index contributed by atoms with van der Waals surface area (Å²) < 4.78 is 53.6. The molecule has 0 aromatic heterocycles. The minimum Gasteiger partial charge on any atom is -0.280 e.